The number of hydrogen-bond acceptors (Lipinski definition) is 3. The van der Waals surface area contributed by atoms with E-state index >= 15 is 0 Å². The van der Waals surface area contributed by atoms with Gasteiger partial charge in [-0.3, -0.25) is 4.79 Å². The van der Waals surface area contributed by atoms with Crippen LogP contribution in [0.2, 0.25) is 0 Å². The lowest BCUT2D eigenvalue weighted by Crippen LogP contribution is -2.12. The molecular weight excluding hydrogens is 348 g/mol. The molecule has 1 aromatic heterocycles. The summed E-state index contributed by atoms with van der Waals surface area (Å²) in [4.78, 5) is 17.2. The van der Waals surface area contributed by atoms with Crippen LogP contribution in [0.4, 0.5) is 5.69 Å². The first-order valence-corrected chi connectivity index (χ1v) is 9.27. The highest BCUT2D eigenvalue weighted by atomic mass is 16.3. The SMILES string of the molecule is Cc1cc(C)cc(C(=O)Nc2ccc3oc(-c4ccc(C)cc4C)nc3c2)c1. The van der Waals surface area contributed by atoms with Crippen LogP contribution in [0.5, 0.6) is 0 Å². The average Bonchev–Trinajstić information content (AvgIpc) is 3.03. The molecule has 28 heavy (non-hydrogen) atoms. The predicted octanol–water partition coefficient (Wildman–Crippen LogP) is 5.98. The maximum Gasteiger partial charge on any atom is 0.255 e. The van der Waals surface area contributed by atoms with Gasteiger partial charge in [-0.05, 0) is 69.7 Å². The molecule has 4 nitrogen and oxygen atoms in total. The van der Waals surface area contributed by atoms with Crippen molar-refractivity contribution in [1.82, 2.24) is 4.98 Å². The van der Waals surface area contributed by atoms with Gasteiger partial charge in [-0.2, -0.15) is 0 Å². The number of carbonyl (C=O) groups excluding carboxylic acids is 1. The monoisotopic (exact) mass is 370 g/mol. The number of aryl methyl sites for hydroxylation is 4. The normalized spacial score (nSPS) is 11.0. The summed E-state index contributed by atoms with van der Waals surface area (Å²) >= 11 is 0. The predicted molar refractivity (Wildman–Crippen MR) is 113 cm³/mol. The van der Waals surface area contributed by atoms with E-state index in [1.165, 1.54) is 5.56 Å². The highest BCUT2D eigenvalue weighted by Gasteiger charge is 2.13. The Hall–Kier alpha value is -3.40. The van der Waals surface area contributed by atoms with Gasteiger partial charge in [-0.1, -0.05) is 34.9 Å². The maximum absolute atomic E-state index is 12.6. The first-order chi connectivity index (χ1) is 13.4. The Morgan fingerprint density at radius 2 is 1.61 bits per heavy atom. The molecule has 0 aliphatic heterocycles. The zero-order chi connectivity index (χ0) is 19.8. The third kappa shape index (κ3) is 3.54. The van der Waals surface area contributed by atoms with Crippen LogP contribution in [-0.4, -0.2) is 10.9 Å². The standard InChI is InChI=1S/C24H22N2O2/c1-14-5-7-20(17(4)10-14)24-26-21-13-19(6-8-22(21)28-24)25-23(27)18-11-15(2)9-16(3)12-18/h5-13H,1-4H3,(H,25,27). The summed E-state index contributed by atoms with van der Waals surface area (Å²) in [5.74, 6) is 0.453. The average molecular weight is 370 g/mol. The van der Waals surface area contributed by atoms with Crippen molar-refractivity contribution in [3.05, 3.63) is 82.4 Å². The van der Waals surface area contributed by atoms with Gasteiger partial charge in [-0.25, -0.2) is 4.98 Å². The molecule has 0 unspecified atom stereocenters. The van der Waals surface area contributed by atoms with E-state index in [2.05, 4.69) is 23.3 Å². The Labute approximate surface area is 164 Å². The molecule has 0 aliphatic rings. The molecule has 1 N–H and O–H groups in total. The summed E-state index contributed by atoms with van der Waals surface area (Å²) < 4.78 is 5.93. The highest BCUT2D eigenvalue weighted by Crippen LogP contribution is 2.29. The number of fused-ring (bicyclic) bond motifs is 1. The molecular formula is C24H22N2O2. The summed E-state index contributed by atoms with van der Waals surface area (Å²) in [5.41, 5.74) is 8.18. The molecule has 0 bridgehead atoms. The van der Waals surface area contributed by atoms with Gasteiger partial charge in [0.15, 0.2) is 5.58 Å². The molecule has 4 aromatic rings. The van der Waals surface area contributed by atoms with Gasteiger partial charge in [0.05, 0.1) is 0 Å². The quantitative estimate of drug-likeness (QED) is 0.482. The van der Waals surface area contributed by atoms with E-state index < -0.39 is 0 Å². The van der Waals surface area contributed by atoms with Crippen LogP contribution < -0.4 is 5.32 Å². The second-order valence-electron chi connectivity index (χ2n) is 7.35. The van der Waals surface area contributed by atoms with Gasteiger partial charge in [0.1, 0.15) is 5.52 Å². The number of carbonyl (C=O) groups is 1. The third-order valence-electron chi connectivity index (χ3n) is 4.74. The Balaban J connectivity index is 1.63. The smallest absolute Gasteiger partial charge is 0.255 e. The largest absolute Gasteiger partial charge is 0.436 e. The molecule has 0 radical (unpaired) electrons. The molecule has 0 fully saturated rings. The van der Waals surface area contributed by atoms with Crippen molar-refractivity contribution in [1.29, 1.82) is 0 Å². The lowest BCUT2D eigenvalue weighted by atomic mass is 10.1. The summed E-state index contributed by atoms with van der Waals surface area (Å²) in [5, 5.41) is 2.95. The van der Waals surface area contributed by atoms with E-state index in [1.807, 2.05) is 69.3 Å². The van der Waals surface area contributed by atoms with Crippen LogP contribution in [-0.2, 0) is 0 Å². The third-order valence-corrected chi connectivity index (χ3v) is 4.74. The fourth-order valence-corrected chi connectivity index (χ4v) is 3.48. The molecule has 0 saturated carbocycles. The lowest BCUT2D eigenvalue weighted by molar-refractivity contribution is 0.102. The molecule has 140 valence electrons. The fourth-order valence-electron chi connectivity index (χ4n) is 3.48. The second kappa shape index (κ2) is 6.97. The summed E-state index contributed by atoms with van der Waals surface area (Å²) in [6.07, 6.45) is 0. The van der Waals surface area contributed by atoms with Crippen molar-refractivity contribution in [2.45, 2.75) is 27.7 Å². The Morgan fingerprint density at radius 1 is 0.857 bits per heavy atom. The van der Waals surface area contributed by atoms with Crippen molar-refractivity contribution in [2.75, 3.05) is 5.32 Å². The Kier molecular flexibility index (Phi) is 4.47. The first-order valence-electron chi connectivity index (χ1n) is 9.27. The summed E-state index contributed by atoms with van der Waals surface area (Å²) in [6.45, 7) is 8.08. The number of benzene rings is 3. The van der Waals surface area contributed by atoms with Crippen LogP contribution in [0.3, 0.4) is 0 Å². The van der Waals surface area contributed by atoms with Crippen molar-refractivity contribution in [3.63, 3.8) is 0 Å². The molecule has 0 aliphatic carbocycles. The van der Waals surface area contributed by atoms with Gasteiger partial charge in [-0.15, -0.1) is 0 Å². The zero-order valence-electron chi connectivity index (χ0n) is 16.5. The number of hydrogen-bond donors (Lipinski definition) is 1. The van der Waals surface area contributed by atoms with Gasteiger partial charge in [0, 0.05) is 16.8 Å². The summed E-state index contributed by atoms with van der Waals surface area (Å²) in [7, 11) is 0. The lowest BCUT2D eigenvalue weighted by Gasteiger charge is -2.07. The van der Waals surface area contributed by atoms with Crippen LogP contribution in [0, 0.1) is 27.7 Å². The Morgan fingerprint density at radius 3 is 2.32 bits per heavy atom. The number of aromatic nitrogens is 1. The first kappa shape index (κ1) is 18.0. The highest BCUT2D eigenvalue weighted by molar-refractivity contribution is 6.05. The Bertz CT molecular complexity index is 1180. The molecule has 0 saturated heterocycles. The molecule has 3 aromatic carbocycles. The van der Waals surface area contributed by atoms with Gasteiger partial charge in [0.2, 0.25) is 5.89 Å². The number of rotatable bonds is 3. The molecule has 1 amide bonds. The molecule has 0 atom stereocenters. The number of anilines is 1. The molecule has 4 rings (SSSR count). The van der Waals surface area contributed by atoms with Crippen molar-refractivity contribution in [3.8, 4) is 11.5 Å². The molecule has 4 heteroatoms. The van der Waals surface area contributed by atoms with Crippen molar-refractivity contribution in [2.24, 2.45) is 0 Å². The van der Waals surface area contributed by atoms with Gasteiger partial charge in [0.25, 0.3) is 5.91 Å². The van der Waals surface area contributed by atoms with Crippen molar-refractivity contribution >= 4 is 22.7 Å². The molecule has 1 heterocycles. The van der Waals surface area contributed by atoms with Crippen molar-refractivity contribution < 1.29 is 9.21 Å². The molecule has 0 spiro atoms. The number of oxazole rings is 1. The van der Waals surface area contributed by atoms with E-state index in [1.54, 1.807) is 0 Å². The minimum atomic E-state index is -0.135. The fraction of sp³-hybridized carbons (Fsp3) is 0.167. The van der Waals surface area contributed by atoms with Crippen LogP contribution >= 0.6 is 0 Å². The van der Waals surface area contributed by atoms with Gasteiger partial charge >= 0.3 is 0 Å². The minimum Gasteiger partial charge on any atom is -0.436 e. The van der Waals surface area contributed by atoms with Crippen LogP contribution in [0.1, 0.15) is 32.6 Å². The second-order valence-corrected chi connectivity index (χ2v) is 7.35. The van der Waals surface area contributed by atoms with E-state index in [0.29, 0.717) is 28.2 Å². The minimum absolute atomic E-state index is 0.135. The number of nitrogens with zero attached hydrogens (tertiary/aromatic N) is 1. The van der Waals surface area contributed by atoms with E-state index in [0.717, 1.165) is 22.3 Å². The zero-order valence-corrected chi connectivity index (χ0v) is 16.5. The summed E-state index contributed by atoms with van der Waals surface area (Å²) in [6, 6.07) is 17.5. The number of nitrogens with one attached hydrogen (secondary N) is 1. The van der Waals surface area contributed by atoms with E-state index in [-0.39, 0.29) is 5.91 Å². The topological polar surface area (TPSA) is 55.1 Å². The van der Waals surface area contributed by atoms with Crippen LogP contribution in [0.15, 0.2) is 59.0 Å². The van der Waals surface area contributed by atoms with E-state index in [4.69, 9.17) is 4.42 Å². The maximum atomic E-state index is 12.6. The van der Waals surface area contributed by atoms with E-state index in [9.17, 15) is 4.79 Å². The van der Waals surface area contributed by atoms with Gasteiger partial charge < -0.3 is 9.73 Å². The number of amides is 1. The van der Waals surface area contributed by atoms with Crippen LogP contribution in [0.25, 0.3) is 22.6 Å².